The second-order valence-corrected chi connectivity index (χ2v) is 4.29. The standard InChI is InChI=1S/C9H15N3O2/c10-8(13)12(9(11)14)7-4-5-1-2-6(7)3-5/h5-7H,1-4H2,(H2,10,13)(H2,11,14). The fourth-order valence-corrected chi connectivity index (χ4v) is 2.96. The molecule has 0 spiro atoms. The zero-order chi connectivity index (χ0) is 10.3. The minimum atomic E-state index is -0.713. The number of hydrogen-bond donors (Lipinski definition) is 2. The van der Waals surface area contributed by atoms with Crippen molar-refractivity contribution in [2.45, 2.75) is 31.7 Å². The fraction of sp³-hybridized carbons (Fsp3) is 0.778. The van der Waals surface area contributed by atoms with Crippen molar-refractivity contribution in [1.82, 2.24) is 4.90 Å². The van der Waals surface area contributed by atoms with Crippen LogP contribution in [0.2, 0.25) is 0 Å². The summed E-state index contributed by atoms with van der Waals surface area (Å²) >= 11 is 0. The molecule has 2 rings (SSSR count). The first-order valence-corrected chi connectivity index (χ1v) is 4.97. The summed E-state index contributed by atoms with van der Waals surface area (Å²) in [5.41, 5.74) is 10.3. The van der Waals surface area contributed by atoms with E-state index in [1.54, 1.807) is 0 Å². The maximum atomic E-state index is 11.1. The van der Waals surface area contributed by atoms with E-state index in [4.69, 9.17) is 11.5 Å². The molecule has 5 nitrogen and oxygen atoms in total. The Morgan fingerprint density at radius 1 is 1.07 bits per heavy atom. The number of urea groups is 2. The summed E-state index contributed by atoms with van der Waals surface area (Å²) in [5, 5.41) is 0. The van der Waals surface area contributed by atoms with Gasteiger partial charge in [-0.15, -0.1) is 0 Å². The highest BCUT2D eigenvalue weighted by Gasteiger charge is 2.44. The maximum Gasteiger partial charge on any atom is 0.323 e. The maximum absolute atomic E-state index is 11.1. The topological polar surface area (TPSA) is 89.4 Å². The minimum absolute atomic E-state index is 0.0382. The van der Waals surface area contributed by atoms with Gasteiger partial charge in [0.25, 0.3) is 0 Å². The van der Waals surface area contributed by atoms with Crippen molar-refractivity contribution in [3.05, 3.63) is 0 Å². The van der Waals surface area contributed by atoms with E-state index < -0.39 is 12.1 Å². The molecule has 5 heteroatoms. The van der Waals surface area contributed by atoms with Gasteiger partial charge in [0.1, 0.15) is 0 Å². The van der Waals surface area contributed by atoms with Gasteiger partial charge in [-0.1, -0.05) is 6.42 Å². The summed E-state index contributed by atoms with van der Waals surface area (Å²) < 4.78 is 0. The predicted molar refractivity (Wildman–Crippen MR) is 50.2 cm³/mol. The summed E-state index contributed by atoms with van der Waals surface area (Å²) in [6.07, 6.45) is 4.30. The van der Waals surface area contributed by atoms with Gasteiger partial charge in [0.15, 0.2) is 0 Å². The normalized spacial score (nSPS) is 34.4. The van der Waals surface area contributed by atoms with Crippen molar-refractivity contribution in [3.63, 3.8) is 0 Å². The highest BCUT2D eigenvalue weighted by Crippen LogP contribution is 2.46. The Morgan fingerprint density at radius 2 is 1.71 bits per heavy atom. The van der Waals surface area contributed by atoms with Crippen LogP contribution >= 0.6 is 0 Å². The third-order valence-electron chi connectivity index (χ3n) is 3.51. The van der Waals surface area contributed by atoms with E-state index in [1.165, 1.54) is 6.42 Å². The molecular weight excluding hydrogens is 182 g/mol. The van der Waals surface area contributed by atoms with Gasteiger partial charge >= 0.3 is 12.1 Å². The molecule has 4 N–H and O–H groups in total. The molecule has 2 bridgehead atoms. The summed E-state index contributed by atoms with van der Waals surface area (Å²) in [4.78, 5) is 23.1. The molecule has 2 aliphatic rings. The molecule has 0 saturated heterocycles. The van der Waals surface area contributed by atoms with Crippen LogP contribution in [0.4, 0.5) is 9.59 Å². The molecule has 3 atom stereocenters. The third-order valence-corrected chi connectivity index (χ3v) is 3.51. The summed E-state index contributed by atoms with van der Waals surface area (Å²) in [6, 6.07) is -1.46. The van der Waals surface area contributed by atoms with Crippen molar-refractivity contribution in [2.24, 2.45) is 23.3 Å². The van der Waals surface area contributed by atoms with Gasteiger partial charge in [-0.05, 0) is 31.1 Å². The van der Waals surface area contributed by atoms with Gasteiger partial charge in [-0.25, -0.2) is 14.5 Å². The van der Waals surface area contributed by atoms with Crippen LogP contribution < -0.4 is 11.5 Å². The molecule has 0 aliphatic heterocycles. The second-order valence-electron chi connectivity index (χ2n) is 4.29. The van der Waals surface area contributed by atoms with E-state index in [0.29, 0.717) is 11.8 Å². The van der Waals surface area contributed by atoms with Crippen molar-refractivity contribution in [3.8, 4) is 0 Å². The van der Waals surface area contributed by atoms with Gasteiger partial charge in [0, 0.05) is 6.04 Å². The van der Waals surface area contributed by atoms with Crippen LogP contribution in [0, 0.1) is 11.8 Å². The average Bonchev–Trinajstić information content (AvgIpc) is 2.63. The number of hydrogen-bond acceptors (Lipinski definition) is 2. The summed E-state index contributed by atoms with van der Waals surface area (Å²) in [5.74, 6) is 1.09. The number of carbonyl (C=O) groups excluding carboxylic acids is 2. The molecule has 4 amide bonds. The van der Waals surface area contributed by atoms with Crippen LogP contribution in [-0.4, -0.2) is 23.0 Å². The van der Waals surface area contributed by atoms with E-state index >= 15 is 0 Å². The van der Waals surface area contributed by atoms with E-state index in [9.17, 15) is 9.59 Å². The molecule has 2 fully saturated rings. The number of primary amides is 2. The monoisotopic (exact) mass is 197 g/mol. The van der Waals surface area contributed by atoms with E-state index in [2.05, 4.69) is 0 Å². The minimum Gasteiger partial charge on any atom is -0.351 e. The molecule has 0 aromatic carbocycles. The zero-order valence-electron chi connectivity index (χ0n) is 7.98. The molecule has 0 aromatic heterocycles. The van der Waals surface area contributed by atoms with Crippen LogP contribution in [0.1, 0.15) is 25.7 Å². The Bertz CT molecular complexity index is 265. The third kappa shape index (κ3) is 1.32. The van der Waals surface area contributed by atoms with Crippen molar-refractivity contribution in [2.75, 3.05) is 0 Å². The highest BCUT2D eigenvalue weighted by atomic mass is 16.2. The van der Waals surface area contributed by atoms with Crippen molar-refractivity contribution >= 4 is 12.1 Å². The number of rotatable bonds is 1. The molecule has 0 radical (unpaired) electrons. The SMILES string of the molecule is NC(=O)N(C(N)=O)C1CC2CCC1C2. The Balaban J connectivity index is 2.13. The van der Waals surface area contributed by atoms with Gasteiger partial charge in [-0.3, -0.25) is 0 Å². The predicted octanol–water partition coefficient (Wildman–Crippen LogP) is 0.634. The Hall–Kier alpha value is -1.26. The lowest BCUT2D eigenvalue weighted by molar-refractivity contribution is 0.161. The number of nitrogens with zero attached hydrogens (tertiary/aromatic N) is 1. The number of fused-ring (bicyclic) bond motifs is 2. The quantitative estimate of drug-likeness (QED) is 0.645. The van der Waals surface area contributed by atoms with Crippen LogP contribution in [0.25, 0.3) is 0 Å². The van der Waals surface area contributed by atoms with Gasteiger partial charge in [-0.2, -0.15) is 0 Å². The fourth-order valence-electron chi connectivity index (χ4n) is 2.96. The number of nitrogens with two attached hydrogens (primary N) is 2. The highest BCUT2D eigenvalue weighted by molar-refractivity contribution is 5.92. The lowest BCUT2D eigenvalue weighted by Crippen LogP contribution is -2.51. The van der Waals surface area contributed by atoms with Crippen LogP contribution in [0.5, 0.6) is 0 Å². The zero-order valence-corrected chi connectivity index (χ0v) is 7.98. The molecule has 78 valence electrons. The van der Waals surface area contributed by atoms with Crippen molar-refractivity contribution in [1.29, 1.82) is 0 Å². The molecule has 0 heterocycles. The largest absolute Gasteiger partial charge is 0.351 e. The molecule has 3 unspecified atom stereocenters. The van der Waals surface area contributed by atoms with Crippen LogP contribution in [0.3, 0.4) is 0 Å². The number of imide groups is 1. The first-order valence-electron chi connectivity index (χ1n) is 4.97. The molecular formula is C9H15N3O2. The number of carbonyl (C=O) groups is 2. The first-order chi connectivity index (χ1) is 6.59. The lowest BCUT2D eigenvalue weighted by Gasteiger charge is -2.30. The smallest absolute Gasteiger partial charge is 0.323 e. The van der Waals surface area contributed by atoms with E-state index in [0.717, 1.165) is 24.2 Å². The Labute approximate surface area is 82.4 Å². The van der Waals surface area contributed by atoms with Crippen LogP contribution in [-0.2, 0) is 0 Å². The van der Waals surface area contributed by atoms with Crippen molar-refractivity contribution < 1.29 is 9.59 Å². The Kier molecular flexibility index (Phi) is 2.09. The van der Waals surface area contributed by atoms with E-state index in [1.807, 2.05) is 0 Å². The molecule has 14 heavy (non-hydrogen) atoms. The molecule has 0 aromatic rings. The summed E-state index contributed by atoms with van der Waals surface area (Å²) in [6.45, 7) is 0. The first kappa shape index (κ1) is 9.30. The molecule has 2 aliphatic carbocycles. The van der Waals surface area contributed by atoms with E-state index in [-0.39, 0.29) is 6.04 Å². The van der Waals surface area contributed by atoms with Gasteiger partial charge in [0.05, 0.1) is 0 Å². The average molecular weight is 197 g/mol. The summed E-state index contributed by atoms with van der Waals surface area (Å²) in [7, 11) is 0. The lowest BCUT2D eigenvalue weighted by atomic mass is 9.94. The molecule has 2 saturated carbocycles. The van der Waals surface area contributed by atoms with Crippen LogP contribution in [0.15, 0.2) is 0 Å². The number of amides is 4. The van der Waals surface area contributed by atoms with Gasteiger partial charge < -0.3 is 11.5 Å². The Morgan fingerprint density at radius 3 is 2.07 bits per heavy atom. The second kappa shape index (κ2) is 3.15. The van der Waals surface area contributed by atoms with Gasteiger partial charge in [0.2, 0.25) is 0 Å².